The van der Waals surface area contributed by atoms with Gasteiger partial charge in [0.1, 0.15) is 5.82 Å². The minimum Gasteiger partial charge on any atom is -0.326 e. The molecule has 1 aromatic carbocycles. The summed E-state index contributed by atoms with van der Waals surface area (Å²) in [6, 6.07) is 4.00. The SMILES string of the molecule is CC(C)C1(CNS(=O)(=O)c2cccc(F)c2CN)CC1. The van der Waals surface area contributed by atoms with Crippen LogP contribution in [0.3, 0.4) is 0 Å². The van der Waals surface area contributed by atoms with Crippen molar-refractivity contribution in [2.24, 2.45) is 17.1 Å². The Hall–Kier alpha value is -0.980. The van der Waals surface area contributed by atoms with E-state index >= 15 is 0 Å². The molecule has 20 heavy (non-hydrogen) atoms. The predicted octanol–water partition coefficient (Wildman–Crippen LogP) is 2.00. The Morgan fingerprint density at radius 1 is 1.40 bits per heavy atom. The van der Waals surface area contributed by atoms with Crippen molar-refractivity contribution in [3.63, 3.8) is 0 Å². The minimum absolute atomic E-state index is 0.0365. The van der Waals surface area contributed by atoms with Crippen LogP contribution in [-0.4, -0.2) is 15.0 Å². The third-order valence-electron chi connectivity index (χ3n) is 4.30. The highest BCUT2D eigenvalue weighted by atomic mass is 32.2. The lowest BCUT2D eigenvalue weighted by molar-refractivity contribution is 0.357. The Bertz CT molecular complexity index is 595. The number of nitrogens with one attached hydrogen (secondary N) is 1. The summed E-state index contributed by atoms with van der Waals surface area (Å²) >= 11 is 0. The molecule has 3 N–H and O–H groups in total. The van der Waals surface area contributed by atoms with Crippen molar-refractivity contribution < 1.29 is 12.8 Å². The Kier molecular flexibility index (Phi) is 4.18. The summed E-state index contributed by atoms with van der Waals surface area (Å²) in [5.41, 5.74) is 5.55. The zero-order chi connectivity index (χ0) is 15.0. The van der Waals surface area contributed by atoms with Gasteiger partial charge >= 0.3 is 0 Å². The fourth-order valence-corrected chi connectivity index (χ4v) is 3.82. The molecule has 0 unspecified atom stereocenters. The van der Waals surface area contributed by atoms with Crippen LogP contribution in [0.15, 0.2) is 23.1 Å². The highest BCUT2D eigenvalue weighted by Crippen LogP contribution is 2.51. The van der Waals surface area contributed by atoms with Crippen molar-refractivity contribution in [3.8, 4) is 0 Å². The molecule has 1 aromatic rings. The third-order valence-corrected chi connectivity index (χ3v) is 5.79. The van der Waals surface area contributed by atoms with Crippen LogP contribution < -0.4 is 10.5 Å². The number of halogens is 1. The van der Waals surface area contributed by atoms with E-state index in [2.05, 4.69) is 18.6 Å². The maximum atomic E-state index is 13.6. The lowest BCUT2D eigenvalue weighted by Gasteiger charge is -2.20. The second kappa shape index (κ2) is 5.42. The molecule has 0 radical (unpaired) electrons. The smallest absolute Gasteiger partial charge is 0.241 e. The summed E-state index contributed by atoms with van der Waals surface area (Å²) in [7, 11) is -3.72. The van der Waals surface area contributed by atoms with Crippen LogP contribution in [0.5, 0.6) is 0 Å². The molecule has 0 heterocycles. The fraction of sp³-hybridized carbons (Fsp3) is 0.571. The molecule has 112 valence electrons. The number of hydrogen-bond acceptors (Lipinski definition) is 3. The molecule has 0 aliphatic heterocycles. The molecule has 1 saturated carbocycles. The highest BCUT2D eigenvalue weighted by Gasteiger charge is 2.45. The van der Waals surface area contributed by atoms with Gasteiger partial charge in [-0.05, 0) is 36.3 Å². The first-order chi connectivity index (χ1) is 9.32. The normalized spacial score (nSPS) is 17.4. The van der Waals surface area contributed by atoms with Gasteiger partial charge in [-0.1, -0.05) is 19.9 Å². The van der Waals surface area contributed by atoms with Gasteiger partial charge in [-0.15, -0.1) is 0 Å². The van der Waals surface area contributed by atoms with Gasteiger partial charge < -0.3 is 5.73 Å². The van der Waals surface area contributed by atoms with Gasteiger partial charge in [0.15, 0.2) is 0 Å². The molecular weight excluding hydrogens is 279 g/mol. The van der Waals surface area contributed by atoms with E-state index in [-0.39, 0.29) is 22.4 Å². The Labute approximate surface area is 119 Å². The predicted molar refractivity (Wildman–Crippen MR) is 76.0 cm³/mol. The molecule has 2 rings (SSSR count). The molecule has 1 fully saturated rings. The van der Waals surface area contributed by atoms with E-state index in [0.717, 1.165) is 12.8 Å². The van der Waals surface area contributed by atoms with Gasteiger partial charge in [0.25, 0.3) is 0 Å². The summed E-state index contributed by atoms with van der Waals surface area (Å²) in [5.74, 6) is -0.160. The molecule has 0 amide bonds. The van der Waals surface area contributed by atoms with Gasteiger partial charge in [-0.2, -0.15) is 0 Å². The number of benzene rings is 1. The topological polar surface area (TPSA) is 72.2 Å². The summed E-state index contributed by atoms with van der Waals surface area (Å²) < 4.78 is 40.9. The van der Waals surface area contributed by atoms with E-state index in [9.17, 15) is 12.8 Å². The summed E-state index contributed by atoms with van der Waals surface area (Å²) in [5, 5.41) is 0. The van der Waals surface area contributed by atoms with Gasteiger partial charge in [-0.3, -0.25) is 0 Å². The first-order valence-electron chi connectivity index (χ1n) is 6.79. The van der Waals surface area contributed by atoms with Crippen LogP contribution in [0, 0.1) is 17.2 Å². The largest absolute Gasteiger partial charge is 0.326 e. The molecule has 1 aliphatic carbocycles. The van der Waals surface area contributed by atoms with Crippen LogP contribution >= 0.6 is 0 Å². The van der Waals surface area contributed by atoms with Gasteiger partial charge in [0.05, 0.1) is 4.90 Å². The lowest BCUT2D eigenvalue weighted by Crippen LogP contribution is -2.33. The molecule has 4 nitrogen and oxygen atoms in total. The lowest BCUT2D eigenvalue weighted by atomic mass is 9.93. The van der Waals surface area contributed by atoms with Crippen molar-refractivity contribution in [2.75, 3.05) is 6.54 Å². The Morgan fingerprint density at radius 2 is 2.05 bits per heavy atom. The van der Waals surface area contributed by atoms with Crippen molar-refractivity contribution in [3.05, 3.63) is 29.6 Å². The second-order valence-corrected chi connectivity index (χ2v) is 7.50. The van der Waals surface area contributed by atoms with Gasteiger partial charge in [-0.25, -0.2) is 17.5 Å². The van der Waals surface area contributed by atoms with E-state index in [1.165, 1.54) is 18.2 Å². The quantitative estimate of drug-likeness (QED) is 0.844. The number of rotatable bonds is 6. The third kappa shape index (κ3) is 2.87. The van der Waals surface area contributed by atoms with Crippen LogP contribution in [0.4, 0.5) is 4.39 Å². The average Bonchev–Trinajstić information content (AvgIpc) is 3.17. The van der Waals surface area contributed by atoms with E-state index in [0.29, 0.717) is 12.5 Å². The highest BCUT2D eigenvalue weighted by molar-refractivity contribution is 7.89. The summed E-state index contributed by atoms with van der Waals surface area (Å²) in [6.45, 7) is 4.44. The standard InChI is InChI=1S/C14H21FN2O2S/c1-10(2)14(6-7-14)9-17-20(18,19)13-5-3-4-12(15)11(13)8-16/h3-5,10,17H,6-9,16H2,1-2H3. The first-order valence-corrected chi connectivity index (χ1v) is 8.28. The molecule has 1 aliphatic rings. The van der Waals surface area contributed by atoms with E-state index in [4.69, 9.17) is 5.73 Å². The van der Waals surface area contributed by atoms with Crippen molar-refractivity contribution in [1.82, 2.24) is 4.72 Å². The summed E-state index contributed by atoms with van der Waals surface area (Å²) in [4.78, 5) is -0.0560. The molecule has 0 bridgehead atoms. The van der Waals surface area contributed by atoms with Crippen molar-refractivity contribution >= 4 is 10.0 Å². The van der Waals surface area contributed by atoms with Gasteiger partial charge in [0.2, 0.25) is 10.0 Å². The Morgan fingerprint density at radius 3 is 2.55 bits per heavy atom. The second-order valence-electron chi connectivity index (χ2n) is 5.76. The van der Waals surface area contributed by atoms with Gasteiger partial charge in [0, 0.05) is 18.7 Å². The molecule has 0 aromatic heterocycles. The maximum absolute atomic E-state index is 13.6. The van der Waals surface area contributed by atoms with Crippen LogP contribution in [0.2, 0.25) is 0 Å². The molecule has 0 saturated heterocycles. The number of sulfonamides is 1. The summed E-state index contributed by atoms with van der Waals surface area (Å²) in [6.07, 6.45) is 2.06. The molecule has 0 spiro atoms. The van der Waals surface area contributed by atoms with E-state index in [1.54, 1.807) is 0 Å². The van der Waals surface area contributed by atoms with Crippen LogP contribution in [-0.2, 0) is 16.6 Å². The molecule has 6 heteroatoms. The van der Waals surface area contributed by atoms with Crippen LogP contribution in [0.25, 0.3) is 0 Å². The molecule has 0 atom stereocenters. The van der Waals surface area contributed by atoms with E-state index in [1.807, 2.05) is 0 Å². The number of nitrogens with two attached hydrogens (primary N) is 1. The molecular formula is C14H21FN2O2S. The van der Waals surface area contributed by atoms with Crippen molar-refractivity contribution in [2.45, 2.75) is 38.1 Å². The fourth-order valence-electron chi connectivity index (χ4n) is 2.42. The Balaban J connectivity index is 2.21. The first kappa shape index (κ1) is 15.4. The maximum Gasteiger partial charge on any atom is 0.241 e. The van der Waals surface area contributed by atoms with E-state index < -0.39 is 15.8 Å². The number of hydrogen-bond donors (Lipinski definition) is 2. The monoisotopic (exact) mass is 300 g/mol. The zero-order valence-electron chi connectivity index (χ0n) is 11.8. The van der Waals surface area contributed by atoms with Crippen molar-refractivity contribution in [1.29, 1.82) is 0 Å². The minimum atomic E-state index is -3.72. The average molecular weight is 300 g/mol. The van der Waals surface area contributed by atoms with Crippen LogP contribution in [0.1, 0.15) is 32.3 Å². The zero-order valence-corrected chi connectivity index (χ0v) is 12.6.